The minimum atomic E-state index is -3.97. The highest BCUT2D eigenvalue weighted by Crippen LogP contribution is 2.70. The molecule has 0 heterocycles. The topological polar surface area (TPSA) is 71.1 Å². The molecule has 30 heavy (non-hydrogen) atoms. The molecule has 0 aliphatic rings. The van der Waals surface area contributed by atoms with Gasteiger partial charge in [-0.15, -0.1) is 46.4 Å². The van der Waals surface area contributed by atoms with E-state index in [4.69, 9.17) is 64.5 Å². The molecule has 0 N–H and O–H groups in total. The summed E-state index contributed by atoms with van der Waals surface area (Å²) in [5.41, 5.74) is 0. The molecule has 0 aliphatic carbocycles. The van der Waals surface area contributed by atoms with Crippen LogP contribution in [0.25, 0.3) is 0 Å². The predicted octanol–water partition coefficient (Wildman–Crippen LogP) is 7.85. The van der Waals surface area contributed by atoms with Gasteiger partial charge in [0, 0.05) is 0 Å². The van der Waals surface area contributed by atoms with Crippen LogP contribution in [0.2, 0.25) is 0 Å². The second-order valence-corrected chi connectivity index (χ2v) is 14.5. The quantitative estimate of drug-likeness (QED) is 0.127. The largest absolute Gasteiger partial charge is 0.345 e. The number of hydrogen-bond acceptors (Lipinski definition) is 6. The maximum Gasteiger partial charge on any atom is 0.345 e. The molecule has 0 aromatic rings. The Balaban J connectivity index is 5.72. The number of rotatable bonds is 18. The fourth-order valence-electron chi connectivity index (χ4n) is 1.89. The average molecular weight is 552 g/mol. The van der Waals surface area contributed by atoms with Crippen LogP contribution in [0.5, 0.6) is 0 Å². The maximum atomic E-state index is 13.7. The molecule has 0 saturated heterocycles. The van der Waals surface area contributed by atoms with Crippen LogP contribution in [0.3, 0.4) is 0 Å². The van der Waals surface area contributed by atoms with Gasteiger partial charge >= 0.3 is 15.2 Å². The first-order valence-corrected chi connectivity index (χ1v) is 15.3. The van der Waals surface area contributed by atoms with E-state index in [1.165, 1.54) is 6.92 Å². The van der Waals surface area contributed by atoms with E-state index < -0.39 is 20.6 Å². The highest BCUT2D eigenvalue weighted by molar-refractivity contribution is 7.72. The van der Waals surface area contributed by atoms with Gasteiger partial charge in [0.15, 0.2) is 5.40 Å². The Labute approximate surface area is 202 Å². The van der Waals surface area contributed by atoms with Crippen molar-refractivity contribution in [2.45, 2.75) is 87.2 Å². The molecule has 6 nitrogen and oxygen atoms in total. The van der Waals surface area contributed by atoms with Crippen molar-refractivity contribution in [1.29, 1.82) is 0 Å². The molecule has 12 heteroatoms. The molecule has 0 saturated carbocycles. The van der Waals surface area contributed by atoms with E-state index >= 15 is 0 Å². The minimum Gasteiger partial charge on any atom is -0.306 e. The molecule has 0 amide bonds. The van der Waals surface area contributed by atoms with E-state index in [-0.39, 0.29) is 47.9 Å². The van der Waals surface area contributed by atoms with E-state index in [0.29, 0.717) is 25.7 Å². The lowest BCUT2D eigenvalue weighted by Crippen LogP contribution is -2.21. The summed E-state index contributed by atoms with van der Waals surface area (Å²) in [6, 6.07) is 0. The van der Waals surface area contributed by atoms with Crippen molar-refractivity contribution in [1.82, 2.24) is 0 Å². The Morgan fingerprint density at radius 1 is 0.567 bits per heavy atom. The molecule has 182 valence electrons. The fourth-order valence-corrected chi connectivity index (χ4v) is 7.24. The number of alkyl halides is 4. The lowest BCUT2D eigenvalue weighted by molar-refractivity contribution is 0.180. The Morgan fingerprint density at radius 3 is 0.933 bits per heavy atom. The van der Waals surface area contributed by atoms with Crippen molar-refractivity contribution in [2.75, 3.05) is 26.4 Å². The van der Waals surface area contributed by atoms with Gasteiger partial charge < -0.3 is 18.1 Å². The first kappa shape index (κ1) is 31.5. The monoisotopic (exact) mass is 550 g/mol. The molecular formula is C18H36Cl4O6P2. The van der Waals surface area contributed by atoms with Gasteiger partial charge in [-0.05, 0) is 32.6 Å². The number of halogens is 4. The van der Waals surface area contributed by atoms with Crippen LogP contribution in [-0.4, -0.2) is 53.3 Å². The molecule has 0 rings (SSSR count). The van der Waals surface area contributed by atoms with Gasteiger partial charge in [-0.25, -0.2) is 0 Å². The zero-order valence-corrected chi connectivity index (χ0v) is 23.2. The zero-order chi connectivity index (χ0) is 23.4. The van der Waals surface area contributed by atoms with Crippen LogP contribution in [-0.2, 0) is 27.2 Å². The second kappa shape index (κ2) is 16.1. The molecular weight excluding hydrogens is 516 g/mol. The summed E-state index contributed by atoms with van der Waals surface area (Å²) < 4.78 is 49.7. The third-order valence-electron chi connectivity index (χ3n) is 4.43. The average Bonchev–Trinajstić information content (AvgIpc) is 2.76. The Morgan fingerprint density at radius 2 is 0.767 bits per heavy atom. The van der Waals surface area contributed by atoms with Gasteiger partial charge in [0.25, 0.3) is 0 Å². The van der Waals surface area contributed by atoms with Gasteiger partial charge in [-0.3, -0.25) is 9.13 Å². The predicted molar refractivity (Wildman–Crippen MR) is 128 cm³/mol. The van der Waals surface area contributed by atoms with Crippen LogP contribution >= 0.6 is 61.6 Å². The summed E-state index contributed by atoms with van der Waals surface area (Å²) in [6.07, 6.45) is 2.40. The first-order chi connectivity index (χ1) is 14.0. The first-order valence-electron chi connectivity index (χ1n) is 10.3. The smallest absolute Gasteiger partial charge is 0.306 e. The van der Waals surface area contributed by atoms with Crippen LogP contribution in [0.15, 0.2) is 0 Å². The molecule has 0 aromatic carbocycles. The van der Waals surface area contributed by atoms with E-state index in [1.807, 2.05) is 27.7 Å². The van der Waals surface area contributed by atoms with E-state index in [1.54, 1.807) is 0 Å². The summed E-state index contributed by atoms with van der Waals surface area (Å²) in [4.78, 5) is 0. The van der Waals surface area contributed by atoms with Crippen molar-refractivity contribution in [2.24, 2.45) is 0 Å². The molecule has 4 atom stereocenters. The van der Waals surface area contributed by atoms with Gasteiger partial charge in [0.05, 0.1) is 47.9 Å². The van der Waals surface area contributed by atoms with Crippen LogP contribution in [0.4, 0.5) is 0 Å². The fraction of sp³-hybridized carbons (Fsp3) is 1.00. The van der Waals surface area contributed by atoms with Crippen LogP contribution in [0, 0.1) is 0 Å². The molecule has 0 aliphatic heterocycles. The Kier molecular flexibility index (Phi) is 16.9. The van der Waals surface area contributed by atoms with Crippen molar-refractivity contribution in [3.05, 3.63) is 0 Å². The summed E-state index contributed by atoms with van der Waals surface area (Å²) >= 11 is 24.5. The molecule has 0 bridgehead atoms. The van der Waals surface area contributed by atoms with Gasteiger partial charge in [-0.2, -0.15) is 0 Å². The highest BCUT2D eigenvalue weighted by Gasteiger charge is 2.49. The molecule has 0 fully saturated rings. The third-order valence-corrected chi connectivity index (χ3v) is 11.7. The van der Waals surface area contributed by atoms with Crippen molar-refractivity contribution in [3.63, 3.8) is 0 Å². The standard InChI is InChI=1S/C18H36Cl4O6P2/c1-6-15(19)10-25-29(23,26-11-16(20)7-2)14(5)30(24,27-12-17(21)8-3)28-13-18(22)9-4/h14-18H,6-13H2,1-5H3. The van der Waals surface area contributed by atoms with Crippen molar-refractivity contribution >= 4 is 61.6 Å². The zero-order valence-electron chi connectivity index (χ0n) is 18.4. The lowest BCUT2D eigenvalue weighted by atomic mass is 10.4. The van der Waals surface area contributed by atoms with E-state index in [0.717, 1.165) is 0 Å². The Hall–Kier alpha value is 1.46. The number of hydrogen-bond donors (Lipinski definition) is 0. The molecule has 0 radical (unpaired) electrons. The maximum absolute atomic E-state index is 13.7. The SMILES string of the molecule is CCC(Cl)COP(=O)(OCC(Cl)CC)C(C)P(=O)(OCC(Cl)CC)OCC(Cl)CC. The molecule has 0 spiro atoms. The third kappa shape index (κ3) is 11.5. The molecule has 4 unspecified atom stereocenters. The second-order valence-electron chi connectivity index (χ2n) is 6.92. The lowest BCUT2D eigenvalue weighted by Gasteiger charge is -2.31. The molecule has 0 aromatic heterocycles. The van der Waals surface area contributed by atoms with Crippen molar-refractivity contribution in [3.8, 4) is 0 Å². The summed E-state index contributed by atoms with van der Waals surface area (Å²) in [5.74, 6) is 0. The van der Waals surface area contributed by atoms with Crippen LogP contribution < -0.4 is 0 Å². The van der Waals surface area contributed by atoms with E-state index in [9.17, 15) is 9.13 Å². The highest BCUT2D eigenvalue weighted by atomic mass is 35.5. The summed E-state index contributed by atoms with van der Waals surface area (Å²) in [5, 5.41) is -2.74. The van der Waals surface area contributed by atoms with Gasteiger partial charge in [0.2, 0.25) is 0 Å². The van der Waals surface area contributed by atoms with Crippen LogP contribution in [0.1, 0.15) is 60.3 Å². The van der Waals surface area contributed by atoms with Crippen molar-refractivity contribution < 1.29 is 27.2 Å². The normalized spacial score (nSPS) is 21.2. The summed E-state index contributed by atoms with van der Waals surface area (Å²) in [6.45, 7) is 8.77. The summed E-state index contributed by atoms with van der Waals surface area (Å²) in [7, 11) is -7.94. The Bertz CT molecular complexity index is 475. The minimum absolute atomic E-state index is 0.0427. The van der Waals surface area contributed by atoms with Gasteiger partial charge in [0.1, 0.15) is 0 Å². The van der Waals surface area contributed by atoms with Gasteiger partial charge in [-0.1, -0.05) is 27.7 Å². The van der Waals surface area contributed by atoms with E-state index in [2.05, 4.69) is 0 Å².